The molecule has 0 bridgehead atoms. The number of rotatable bonds is 0. The highest BCUT2D eigenvalue weighted by atomic mass is 15.0. The van der Waals surface area contributed by atoms with Crippen LogP contribution in [0.4, 0.5) is 0 Å². The average Bonchev–Trinajstić information content (AvgIpc) is 3.70. The normalized spacial score (nSPS) is 12.1. The van der Waals surface area contributed by atoms with Crippen LogP contribution < -0.4 is 0 Å². The molecule has 0 radical (unpaired) electrons. The molecule has 5 nitrogen and oxygen atoms in total. The van der Waals surface area contributed by atoms with E-state index in [0.717, 1.165) is 71.2 Å². The number of nitrogens with zero attached hydrogens (tertiary/aromatic N) is 5. The van der Waals surface area contributed by atoms with Gasteiger partial charge in [0.15, 0.2) is 0 Å². The van der Waals surface area contributed by atoms with Gasteiger partial charge in [-0.2, -0.15) is 10.5 Å². The Morgan fingerprint density at radius 2 is 0.721 bits per heavy atom. The molecule has 10 aromatic rings. The minimum absolute atomic E-state index is 0.638. The van der Waals surface area contributed by atoms with E-state index in [-0.39, 0.29) is 0 Å². The van der Waals surface area contributed by atoms with Crippen molar-refractivity contribution in [3.8, 4) is 12.1 Å². The smallest absolute Gasteiger partial charge is 0.0991 e. The summed E-state index contributed by atoms with van der Waals surface area (Å²) in [6, 6.07) is 44.8. The van der Waals surface area contributed by atoms with Gasteiger partial charge >= 0.3 is 0 Å². The lowest BCUT2D eigenvalue weighted by Crippen LogP contribution is -1.90. The number of hydrogen-bond acceptors (Lipinski definition) is 2. The maximum atomic E-state index is 9.82. The largest absolute Gasteiger partial charge is 0.305 e. The quantitative estimate of drug-likeness (QED) is 0.191. The molecule has 4 heterocycles. The highest BCUT2D eigenvalue weighted by molar-refractivity contribution is 6.22. The summed E-state index contributed by atoms with van der Waals surface area (Å²) in [5, 5.41) is 26.3. The molecule has 0 N–H and O–H groups in total. The van der Waals surface area contributed by atoms with E-state index in [9.17, 15) is 10.5 Å². The summed E-state index contributed by atoms with van der Waals surface area (Å²) in [4.78, 5) is 0. The lowest BCUT2D eigenvalue weighted by molar-refractivity contribution is 1.31. The van der Waals surface area contributed by atoms with Crippen LogP contribution >= 0.6 is 0 Å². The first-order chi connectivity index (χ1) is 21.3. The van der Waals surface area contributed by atoms with Crippen LogP contribution in [0.1, 0.15) is 11.1 Å². The number of benzene rings is 6. The maximum absolute atomic E-state index is 9.82. The third kappa shape index (κ3) is 2.61. The van der Waals surface area contributed by atoms with Crippen LogP contribution in [0.15, 0.2) is 115 Å². The summed E-state index contributed by atoms with van der Waals surface area (Å²) in [5.74, 6) is 0. The van der Waals surface area contributed by atoms with Gasteiger partial charge < -0.3 is 13.2 Å². The second-order valence-electron chi connectivity index (χ2n) is 11.2. The van der Waals surface area contributed by atoms with Gasteiger partial charge in [0.05, 0.1) is 72.9 Å². The molecular weight excluding hydrogens is 526 g/mol. The van der Waals surface area contributed by atoms with Crippen molar-refractivity contribution in [1.82, 2.24) is 13.2 Å². The first-order valence-corrected chi connectivity index (χ1v) is 14.2. The van der Waals surface area contributed by atoms with Crippen LogP contribution in [0.3, 0.4) is 0 Å². The second kappa shape index (κ2) is 7.70. The van der Waals surface area contributed by atoms with Crippen molar-refractivity contribution in [2.24, 2.45) is 0 Å². The fraction of sp³-hybridized carbons (Fsp3) is 0. The van der Waals surface area contributed by atoms with Crippen LogP contribution in [0.2, 0.25) is 0 Å². The minimum Gasteiger partial charge on any atom is -0.305 e. The molecule has 0 spiro atoms. The molecule has 5 heteroatoms. The monoisotopic (exact) mass is 545 g/mol. The van der Waals surface area contributed by atoms with Crippen LogP contribution in [0.5, 0.6) is 0 Å². The van der Waals surface area contributed by atoms with Gasteiger partial charge in [-0.15, -0.1) is 0 Å². The van der Waals surface area contributed by atoms with Crippen LogP contribution in [-0.4, -0.2) is 13.2 Å². The van der Waals surface area contributed by atoms with Crippen molar-refractivity contribution < 1.29 is 0 Å². The van der Waals surface area contributed by atoms with E-state index in [1.165, 1.54) is 10.8 Å². The summed E-state index contributed by atoms with van der Waals surface area (Å²) >= 11 is 0. The number of para-hydroxylation sites is 4. The Morgan fingerprint density at radius 1 is 0.349 bits per heavy atom. The molecule has 6 aromatic carbocycles. The molecule has 0 atom stereocenters. The number of aromatic nitrogens is 3. The lowest BCUT2D eigenvalue weighted by Gasteiger charge is -2.05. The summed E-state index contributed by atoms with van der Waals surface area (Å²) in [6.07, 6.45) is 0. The molecule has 0 amide bonds. The van der Waals surface area contributed by atoms with Crippen molar-refractivity contribution in [2.75, 3.05) is 0 Å². The Kier molecular flexibility index (Phi) is 4.01. The first kappa shape index (κ1) is 22.4. The summed E-state index contributed by atoms with van der Waals surface area (Å²) < 4.78 is 7.17. The van der Waals surface area contributed by atoms with E-state index in [1.54, 1.807) is 0 Å². The zero-order valence-electron chi connectivity index (χ0n) is 22.7. The van der Waals surface area contributed by atoms with E-state index in [2.05, 4.69) is 116 Å². The van der Waals surface area contributed by atoms with Gasteiger partial charge in [-0.05, 0) is 60.7 Å². The molecule has 196 valence electrons. The standard InChI is InChI=1S/C38H19N5/c39-20-22-14-16-31-29(19-22)27-9-5-13-35-38(27)42(31)33-11-3-7-25-24-6-1-2-10-30(24)41(36(25)33)34-12-4-8-26-28-18-23(21-40)15-17-32(28)43(35)37(26)34/h1-19H. The van der Waals surface area contributed by atoms with Gasteiger partial charge in [0.1, 0.15) is 0 Å². The SMILES string of the molecule is N#Cc1ccc2c(c1)c1cccc3c1n2c1cccc2c4ccccc4n(c4cccc5c6cc(C#N)ccc6n3c54)c21. The zero-order valence-corrected chi connectivity index (χ0v) is 22.7. The molecule has 0 aliphatic rings. The Bertz CT molecular complexity index is 2950. The number of hydrogen-bond donors (Lipinski definition) is 0. The Hall–Kier alpha value is -6.30. The lowest BCUT2D eigenvalue weighted by atomic mass is 10.1. The fourth-order valence-corrected chi connectivity index (χ4v) is 7.53. The van der Waals surface area contributed by atoms with Crippen molar-refractivity contribution in [2.45, 2.75) is 0 Å². The van der Waals surface area contributed by atoms with Crippen LogP contribution in [0, 0.1) is 22.7 Å². The van der Waals surface area contributed by atoms with E-state index in [1.807, 2.05) is 24.3 Å². The molecule has 0 unspecified atom stereocenters. The third-order valence-electron chi connectivity index (χ3n) is 9.19. The summed E-state index contributed by atoms with van der Waals surface area (Å²) in [7, 11) is 0. The predicted octanol–water partition coefficient (Wildman–Crippen LogP) is 9.11. The molecule has 0 saturated carbocycles. The summed E-state index contributed by atoms with van der Waals surface area (Å²) in [6.45, 7) is 0. The minimum atomic E-state index is 0.638. The molecule has 43 heavy (non-hydrogen) atoms. The first-order valence-electron chi connectivity index (χ1n) is 14.2. The molecule has 0 fully saturated rings. The van der Waals surface area contributed by atoms with Crippen LogP contribution in [-0.2, 0) is 0 Å². The highest BCUT2D eigenvalue weighted by Crippen LogP contribution is 2.41. The van der Waals surface area contributed by atoms with Gasteiger partial charge in [0, 0.05) is 32.3 Å². The van der Waals surface area contributed by atoms with E-state index < -0.39 is 0 Å². The Balaban J connectivity index is 1.71. The summed E-state index contributed by atoms with van der Waals surface area (Å²) in [5.41, 5.74) is 11.0. The van der Waals surface area contributed by atoms with Gasteiger partial charge in [-0.3, -0.25) is 0 Å². The van der Waals surface area contributed by atoms with Crippen molar-refractivity contribution >= 4 is 82.0 Å². The van der Waals surface area contributed by atoms with Gasteiger partial charge in [0.25, 0.3) is 0 Å². The van der Waals surface area contributed by atoms with Crippen molar-refractivity contribution in [1.29, 1.82) is 10.5 Å². The number of nitriles is 2. The Morgan fingerprint density at radius 3 is 1.19 bits per heavy atom. The van der Waals surface area contributed by atoms with Crippen molar-refractivity contribution in [3.05, 3.63) is 126 Å². The number of fused-ring (bicyclic) bond motifs is 12. The van der Waals surface area contributed by atoms with Gasteiger partial charge in [0.2, 0.25) is 0 Å². The zero-order chi connectivity index (χ0) is 28.4. The highest BCUT2D eigenvalue weighted by Gasteiger charge is 2.21. The van der Waals surface area contributed by atoms with Crippen molar-refractivity contribution in [3.63, 3.8) is 0 Å². The maximum Gasteiger partial charge on any atom is 0.0991 e. The molecule has 0 aliphatic carbocycles. The Labute approximate surface area is 243 Å². The fourth-order valence-electron chi connectivity index (χ4n) is 7.53. The van der Waals surface area contributed by atoms with Gasteiger partial charge in [-0.25, -0.2) is 0 Å². The topological polar surface area (TPSA) is 60.8 Å². The molecule has 10 rings (SSSR count). The molecule has 4 aromatic heterocycles. The third-order valence-corrected chi connectivity index (χ3v) is 9.19. The van der Waals surface area contributed by atoms with E-state index in [4.69, 9.17) is 0 Å². The molecular formula is C38H19N5. The molecule has 0 saturated heterocycles. The van der Waals surface area contributed by atoms with E-state index >= 15 is 0 Å². The van der Waals surface area contributed by atoms with Crippen LogP contribution in [0.25, 0.3) is 82.0 Å². The van der Waals surface area contributed by atoms with Gasteiger partial charge in [-0.1, -0.05) is 54.6 Å². The average molecular weight is 546 g/mol. The second-order valence-corrected chi connectivity index (χ2v) is 11.2. The predicted molar refractivity (Wildman–Crippen MR) is 174 cm³/mol. The molecule has 0 aliphatic heterocycles. The van der Waals surface area contributed by atoms with E-state index in [0.29, 0.717) is 11.1 Å².